The van der Waals surface area contributed by atoms with Gasteiger partial charge in [0.15, 0.2) is 5.79 Å². The highest BCUT2D eigenvalue weighted by atomic mass is 19.4. The lowest BCUT2D eigenvalue weighted by Crippen LogP contribution is -2.61. The zero-order valence-corrected chi connectivity index (χ0v) is 21.2. The molecule has 2 fully saturated rings. The second-order valence-electron chi connectivity index (χ2n) is 9.89. The molecule has 40 heavy (non-hydrogen) atoms. The summed E-state index contributed by atoms with van der Waals surface area (Å²) in [5.74, 6) is -2.71. The van der Waals surface area contributed by atoms with E-state index in [1.165, 1.54) is 24.3 Å². The third-order valence-electron chi connectivity index (χ3n) is 6.51. The number of halogens is 6. The molecular formula is C26H26F6N2O6. The predicted molar refractivity (Wildman–Crippen MR) is 126 cm³/mol. The first-order chi connectivity index (χ1) is 18.6. The quantitative estimate of drug-likeness (QED) is 0.466. The molecule has 0 radical (unpaired) electrons. The Labute approximate surface area is 224 Å². The minimum Gasteiger partial charge on any atom is -0.406 e. The maximum atomic E-state index is 12.6. The van der Waals surface area contributed by atoms with Crippen molar-refractivity contribution in [3.05, 3.63) is 59.7 Å². The summed E-state index contributed by atoms with van der Waals surface area (Å²) in [5, 5.41) is 5.65. The van der Waals surface area contributed by atoms with Crippen LogP contribution >= 0.6 is 0 Å². The molecule has 8 nitrogen and oxygen atoms in total. The zero-order chi connectivity index (χ0) is 29.2. The molecular weight excluding hydrogens is 550 g/mol. The molecule has 0 unspecified atom stereocenters. The minimum atomic E-state index is -4.83. The van der Waals surface area contributed by atoms with Gasteiger partial charge in [-0.25, -0.2) is 0 Å². The van der Waals surface area contributed by atoms with Gasteiger partial charge in [-0.05, 0) is 68.3 Å². The molecule has 218 valence electrons. The Bertz CT molecular complexity index is 1180. The number of rotatable bonds is 6. The number of carbonyl (C=O) groups is 2. The van der Waals surface area contributed by atoms with Crippen LogP contribution in [0, 0.1) is 0 Å². The highest BCUT2D eigenvalue weighted by molar-refractivity contribution is 5.95. The molecule has 4 rings (SSSR count). The van der Waals surface area contributed by atoms with Crippen molar-refractivity contribution >= 4 is 11.8 Å². The number of alkyl halides is 6. The molecule has 1 saturated heterocycles. The van der Waals surface area contributed by atoms with E-state index < -0.39 is 47.4 Å². The first-order valence-electron chi connectivity index (χ1n) is 12.3. The van der Waals surface area contributed by atoms with Crippen LogP contribution in [0.25, 0.3) is 0 Å². The maximum Gasteiger partial charge on any atom is 0.573 e. The summed E-state index contributed by atoms with van der Waals surface area (Å²) < 4.78 is 93.6. The van der Waals surface area contributed by atoms with Crippen molar-refractivity contribution in [1.82, 2.24) is 10.6 Å². The molecule has 1 saturated carbocycles. The van der Waals surface area contributed by atoms with Gasteiger partial charge >= 0.3 is 12.7 Å². The van der Waals surface area contributed by atoms with Gasteiger partial charge < -0.3 is 29.6 Å². The van der Waals surface area contributed by atoms with E-state index in [4.69, 9.17) is 9.47 Å². The summed E-state index contributed by atoms with van der Waals surface area (Å²) in [5.41, 5.74) is -0.569. The molecule has 1 heterocycles. The van der Waals surface area contributed by atoms with Crippen LogP contribution in [-0.4, -0.2) is 55.1 Å². The number of nitrogens with one attached hydrogen (secondary N) is 2. The summed E-state index contributed by atoms with van der Waals surface area (Å²) in [4.78, 5) is 25.2. The molecule has 0 atom stereocenters. The molecule has 1 aliphatic heterocycles. The van der Waals surface area contributed by atoms with Crippen molar-refractivity contribution in [3.63, 3.8) is 0 Å². The Morgan fingerprint density at radius 1 is 0.775 bits per heavy atom. The summed E-state index contributed by atoms with van der Waals surface area (Å²) in [7, 11) is 0. The van der Waals surface area contributed by atoms with Crippen molar-refractivity contribution in [1.29, 1.82) is 0 Å². The second kappa shape index (κ2) is 11.2. The average Bonchev–Trinajstić information content (AvgIpc) is 2.86. The van der Waals surface area contributed by atoms with Crippen LogP contribution < -0.4 is 20.1 Å². The molecule has 2 amide bonds. The van der Waals surface area contributed by atoms with Gasteiger partial charge in [-0.2, -0.15) is 0 Å². The van der Waals surface area contributed by atoms with Gasteiger partial charge in [0.25, 0.3) is 11.8 Å². The lowest BCUT2D eigenvalue weighted by Gasteiger charge is -2.47. The molecule has 1 aliphatic carbocycles. The monoisotopic (exact) mass is 576 g/mol. The van der Waals surface area contributed by atoms with E-state index in [1.807, 2.05) is 0 Å². The van der Waals surface area contributed by atoms with Crippen LogP contribution in [0.3, 0.4) is 0 Å². The van der Waals surface area contributed by atoms with Crippen molar-refractivity contribution in [2.45, 2.75) is 62.7 Å². The Kier molecular flexibility index (Phi) is 8.22. The van der Waals surface area contributed by atoms with Crippen LogP contribution in [0.15, 0.2) is 48.5 Å². The molecule has 2 aromatic carbocycles. The highest BCUT2D eigenvalue weighted by Crippen LogP contribution is 2.37. The van der Waals surface area contributed by atoms with Crippen LogP contribution in [0.4, 0.5) is 26.3 Å². The Morgan fingerprint density at radius 2 is 1.20 bits per heavy atom. The first kappa shape index (κ1) is 29.5. The summed E-state index contributed by atoms with van der Waals surface area (Å²) in [6.45, 7) is 1.96. The summed E-state index contributed by atoms with van der Waals surface area (Å²) in [6, 6.07) is 8.93. The fourth-order valence-electron chi connectivity index (χ4n) is 4.46. The number of hydrogen-bond acceptors (Lipinski definition) is 6. The van der Waals surface area contributed by atoms with E-state index >= 15 is 0 Å². The number of benzene rings is 2. The number of carbonyl (C=O) groups excluding carboxylic acids is 2. The Morgan fingerprint density at radius 3 is 1.62 bits per heavy atom. The molecule has 14 heteroatoms. The van der Waals surface area contributed by atoms with Crippen molar-refractivity contribution in [2.24, 2.45) is 0 Å². The third kappa shape index (κ3) is 8.01. The lowest BCUT2D eigenvalue weighted by molar-refractivity contribution is -0.300. The van der Waals surface area contributed by atoms with Gasteiger partial charge in [-0.3, -0.25) is 9.59 Å². The van der Waals surface area contributed by atoms with Gasteiger partial charge in [-0.15, -0.1) is 26.3 Å². The third-order valence-corrected chi connectivity index (χ3v) is 6.51. The zero-order valence-electron chi connectivity index (χ0n) is 21.2. The molecule has 2 N–H and O–H groups in total. The number of amides is 2. The number of hydrogen-bond donors (Lipinski definition) is 2. The van der Waals surface area contributed by atoms with Crippen LogP contribution in [0.1, 0.15) is 53.3 Å². The number of ether oxygens (including phenoxy) is 4. The topological polar surface area (TPSA) is 95.1 Å². The van der Waals surface area contributed by atoms with Crippen LogP contribution in [0.2, 0.25) is 0 Å². The summed E-state index contributed by atoms with van der Waals surface area (Å²) in [6.07, 6.45) is -7.69. The fourth-order valence-corrected chi connectivity index (χ4v) is 4.46. The van der Waals surface area contributed by atoms with Gasteiger partial charge in [0.05, 0.1) is 18.8 Å². The SMILES string of the molecule is CC1(NC(=O)c2ccc(OC(F)(F)F)cc2)COC2(CCC(NC(=O)c3ccc(OC(F)(F)F)cc3)CC2)OC1. The van der Waals surface area contributed by atoms with E-state index in [1.54, 1.807) is 6.92 Å². The van der Waals surface area contributed by atoms with Crippen LogP contribution in [0.5, 0.6) is 11.5 Å². The standard InChI is InChI=1S/C26H26F6N2O6/c1-23(34-22(36)17-4-8-20(9-5-17)40-26(30,31)32)14-37-24(38-15-23)12-10-18(11-13-24)33-21(35)16-2-6-19(7-3-16)39-25(27,28)29/h2-9,18H,10-15H2,1H3,(H,33,35)(H,34,36). The average molecular weight is 576 g/mol. The molecule has 1 spiro atoms. The minimum absolute atomic E-state index is 0.122. The molecule has 0 bridgehead atoms. The van der Waals surface area contributed by atoms with Crippen molar-refractivity contribution in [2.75, 3.05) is 13.2 Å². The van der Waals surface area contributed by atoms with Crippen molar-refractivity contribution < 1.29 is 54.9 Å². The van der Waals surface area contributed by atoms with E-state index in [-0.39, 0.29) is 30.4 Å². The van der Waals surface area contributed by atoms with E-state index in [0.29, 0.717) is 25.7 Å². The normalized spacial score (nSPS) is 25.2. The highest BCUT2D eigenvalue weighted by Gasteiger charge is 2.45. The lowest BCUT2D eigenvalue weighted by atomic mass is 9.88. The maximum absolute atomic E-state index is 12.6. The van der Waals surface area contributed by atoms with Gasteiger partial charge in [0.1, 0.15) is 11.5 Å². The predicted octanol–water partition coefficient (Wildman–Crippen LogP) is 5.09. The fraction of sp³-hybridized carbons (Fsp3) is 0.462. The molecule has 0 aromatic heterocycles. The first-order valence-corrected chi connectivity index (χ1v) is 12.3. The van der Waals surface area contributed by atoms with Crippen molar-refractivity contribution in [3.8, 4) is 11.5 Å². The van der Waals surface area contributed by atoms with E-state index in [0.717, 1.165) is 24.3 Å². The molecule has 2 aliphatic rings. The Hall–Kier alpha value is -3.52. The summed E-state index contributed by atoms with van der Waals surface area (Å²) >= 11 is 0. The van der Waals surface area contributed by atoms with E-state index in [9.17, 15) is 35.9 Å². The smallest absolute Gasteiger partial charge is 0.406 e. The largest absolute Gasteiger partial charge is 0.573 e. The van der Waals surface area contributed by atoms with Gasteiger partial charge in [0, 0.05) is 30.0 Å². The van der Waals surface area contributed by atoms with E-state index in [2.05, 4.69) is 20.1 Å². The second-order valence-corrected chi connectivity index (χ2v) is 9.89. The van der Waals surface area contributed by atoms with Gasteiger partial charge in [0.2, 0.25) is 0 Å². The van der Waals surface area contributed by atoms with Crippen LogP contribution in [-0.2, 0) is 9.47 Å². The Balaban J connectivity index is 1.23. The van der Waals surface area contributed by atoms with Gasteiger partial charge in [-0.1, -0.05) is 0 Å². The molecule has 2 aromatic rings.